The van der Waals surface area contributed by atoms with Gasteiger partial charge in [-0.25, -0.2) is 0 Å². The first kappa shape index (κ1) is 14.5. The molecule has 0 bridgehead atoms. The van der Waals surface area contributed by atoms with Crippen LogP contribution in [0.15, 0.2) is 5.16 Å². The van der Waals surface area contributed by atoms with Crippen LogP contribution in [0.2, 0.25) is 0 Å². The van der Waals surface area contributed by atoms with Gasteiger partial charge < -0.3 is 9.57 Å². The van der Waals surface area contributed by atoms with Crippen LogP contribution in [-0.2, 0) is 9.57 Å². The molecule has 0 N–H and O–H groups in total. The van der Waals surface area contributed by atoms with Crippen molar-refractivity contribution in [3.05, 3.63) is 0 Å². The number of oxime groups is 1. The molecule has 0 aromatic rings. The maximum absolute atomic E-state index is 5.87. The molecule has 1 aliphatic rings. The van der Waals surface area contributed by atoms with Crippen LogP contribution in [0.25, 0.3) is 0 Å². The zero-order valence-electron chi connectivity index (χ0n) is 12.4. The molecule has 0 amide bonds. The number of ether oxygens (including phenoxy) is 1. The van der Waals surface area contributed by atoms with Gasteiger partial charge in [0.1, 0.15) is 0 Å². The van der Waals surface area contributed by atoms with Crippen LogP contribution in [0.3, 0.4) is 0 Å². The average molecular weight is 241 g/mol. The Morgan fingerprint density at radius 2 is 1.71 bits per heavy atom. The standard InChI is InChI=1S/C14H27NO2/c1-12(2,3)11-8-9-14(7,13(4,5)6)16-10-17-15-11/h8-10H2,1-7H3/b15-11+/t14-/m1/s1. The molecule has 1 heterocycles. The molecule has 1 rings (SSSR count). The van der Waals surface area contributed by atoms with Gasteiger partial charge in [-0.3, -0.25) is 0 Å². The molecule has 0 radical (unpaired) electrons. The van der Waals surface area contributed by atoms with E-state index in [4.69, 9.17) is 9.57 Å². The molecule has 0 fully saturated rings. The van der Waals surface area contributed by atoms with Gasteiger partial charge in [0.15, 0.2) is 0 Å². The summed E-state index contributed by atoms with van der Waals surface area (Å²) in [7, 11) is 0. The Labute approximate surface area is 106 Å². The molecule has 0 spiro atoms. The molecular formula is C14H27NO2. The van der Waals surface area contributed by atoms with E-state index in [1.165, 1.54) is 0 Å². The van der Waals surface area contributed by atoms with Gasteiger partial charge in [-0.05, 0) is 25.2 Å². The van der Waals surface area contributed by atoms with Crippen LogP contribution in [0, 0.1) is 10.8 Å². The van der Waals surface area contributed by atoms with E-state index in [0.717, 1.165) is 18.6 Å². The summed E-state index contributed by atoms with van der Waals surface area (Å²) in [5, 5.41) is 4.19. The smallest absolute Gasteiger partial charge is 0.217 e. The molecule has 1 atom stereocenters. The van der Waals surface area contributed by atoms with E-state index in [0.29, 0.717) is 0 Å². The van der Waals surface area contributed by atoms with Crippen molar-refractivity contribution in [3.8, 4) is 0 Å². The highest BCUT2D eigenvalue weighted by Crippen LogP contribution is 2.39. The van der Waals surface area contributed by atoms with E-state index in [1.54, 1.807) is 0 Å². The van der Waals surface area contributed by atoms with Gasteiger partial charge in [-0.15, -0.1) is 0 Å². The van der Waals surface area contributed by atoms with Crippen molar-refractivity contribution >= 4 is 5.71 Å². The number of hydrogen-bond acceptors (Lipinski definition) is 3. The predicted molar refractivity (Wildman–Crippen MR) is 71.0 cm³/mol. The summed E-state index contributed by atoms with van der Waals surface area (Å²) in [6, 6.07) is 0. The van der Waals surface area contributed by atoms with Crippen LogP contribution < -0.4 is 0 Å². The van der Waals surface area contributed by atoms with Gasteiger partial charge in [0, 0.05) is 5.41 Å². The lowest BCUT2D eigenvalue weighted by Crippen LogP contribution is -2.44. The van der Waals surface area contributed by atoms with Crippen molar-refractivity contribution in [1.29, 1.82) is 0 Å². The SMILES string of the molecule is CC(C)(C)/C1=N/OCO[C@@](C)(C(C)(C)C)CC1. The normalized spacial score (nSPS) is 30.9. The summed E-state index contributed by atoms with van der Waals surface area (Å²) in [5.74, 6) is 0. The molecule has 3 nitrogen and oxygen atoms in total. The largest absolute Gasteiger partial charge is 0.367 e. The molecule has 17 heavy (non-hydrogen) atoms. The monoisotopic (exact) mass is 241 g/mol. The quantitative estimate of drug-likeness (QED) is 0.642. The molecule has 1 aliphatic heterocycles. The highest BCUT2D eigenvalue weighted by atomic mass is 16.7. The second-order valence-electron chi connectivity index (χ2n) is 7.16. The topological polar surface area (TPSA) is 30.8 Å². The first-order valence-corrected chi connectivity index (χ1v) is 6.39. The Kier molecular flexibility index (Phi) is 3.92. The van der Waals surface area contributed by atoms with Crippen molar-refractivity contribution in [1.82, 2.24) is 0 Å². The Morgan fingerprint density at radius 3 is 2.18 bits per heavy atom. The summed E-state index contributed by atoms with van der Waals surface area (Å²) in [6.07, 6.45) is 1.91. The Bertz CT molecular complexity index is 296. The zero-order chi connectivity index (χ0) is 13.3. The van der Waals surface area contributed by atoms with Crippen LogP contribution >= 0.6 is 0 Å². The highest BCUT2D eigenvalue weighted by molar-refractivity contribution is 5.88. The van der Waals surface area contributed by atoms with E-state index in [2.05, 4.69) is 53.6 Å². The molecule has 0 saturated carbocycles. The summed E-state index contributed by atoms with van der Waals surface area (Å²) < 4.78 is 5.87. The summed E-state index contributed by atoms with van der Waals surface area (Å²) in [6.45, 7) is 15.6. The van der Waals surface area contributed by atoms with Crippen LogP contribution in [0.1, 0.15) is 61.3 Å². The van der Waals surface area contributed by atoms with Crippen molar-refractivity contribution in [2.75, 3.05) is 6.79 Å². The number of rotatable bonds is 0. The Hall–Kier alpha value is -0.570. The molecular weight excluding hydrogens is 214 g/mol. The lowest BCUT2D eigenvalue weighted by molar-refractivity contribution is -0.182. The molecule has 0 aromatic heterocycles. The fourth-order valence-electron chi connectivity index (χ4n) is 1.84. The van der Waals surface area contributed by atoms with Gasteiger partial charge in [0.25, 0.3) is 0 Å². The lowest BCUT2D eigenvalue weighted by Gasteiger charge is -2.42. The maximum atomic E-state index is 5.87. The maximum Gasteiger partial charge on any atom is 0.217 e. The third-order valence-electron chi connectivity index (χ3n) is 3.90. The van der Waals surface area contributed by atoms with Gasteiger partial charge in [-0.2, -0.15) is 0 Å². The molecule has 0 aromatic carbocycles. The first-order chi connectivity index (χ1) is 7.56. The number of hydrogen-bond donors (Lipinski definition) is 0. The third kappa shape index (κ3) is 3.44. The lowest BCUT2D eigenvalue weighted by atomic mass is 9.73. The van der Waals surface area contributed by atoms with Gasteiger partial charge >= 0.3 is 0 Å². The minimum Gasteiger partial charge on any atom is -0.367 e. The van der Waals surface area contributed by atoms with Crippen molar-refractivity contribution in [3.63, 3.8) is 0 Å². The van der Waals surface area contributed by atoms with Crippen LogP contribution in [-0.4, -0.2) is 18.1 Å². The second kappa shape index (κ2) is 4.60. The predicted octanol–water partition coefficient (Wildman–Crippen LogP) is 3.98. The van der Waals surface area contributed by atoms with Crippen molar-refractivity contribution in [2.24, 2.45) is 16.0 Å². The van der Waals surface area contributed by atoms with Crippen molar-refractivity contribution in [2.45, 2.75) is 66.9 Å². The first-order valence-electron chi connectivity index (χ1n) is 6.39. The van der Waals surface area contributed by atoms with Gasteiger partial charge in [0.05, 0.1) is 11.3 Å². The van der Waals surface area contributed by atoms with E-state index in [1.807, 2.05) is 0 Å². The summed E-state index contributed by atoms with van der Waals surface area (Å²) in [4.78, 5) is 5.27. The molecule has 0 aliphatic carbocycles. The minimum atomic E-state index is -0.167. The molecule has 3 heteroatoms. The highest BCUT2D eigenvalue weighted by Gasteiger charge is 2.40. The molecule has 100 valence electrons. The van der Waals surface area contributed by atoms with E-state index in [9.17, 15) is 0 Å². The summed E-state index contributed by atoms with van der Waals surface area (Å²) in [5.41, 5.74) is 1.11. The van der Waals surface area contributed by atoms with E-state index >= 15 is 0 Å². The van der Waals surface area contributed by atoms with Crippen LogP contribution in [0.4, 0.5) is 0 Å². The van der Waals surface area contributed by atoms with Gasteiger partial charge in [-0.1, -0.05) is 46.7 Å². The zero-order valence-corrected chi connectivity index (χ0v) is 12.4. The Balaban J connectivity index is 2.86. The Morgan fingerprint density at radius 1 is 1.12 bits per heavy atom. The summed E-state index contributed by atoms with van der Waals surface area (Å²) >= 11 is 0. The molecule has 0 unspecified atom stereocenters. The fourth-order valence-corrected chi connectivity index (χ4v) is 1.84. The van der Waals surface area contributed by atoms with E-state index < -0.39 is 0 Å². The van der Waals surface area contributed by atoms with Crippen molar-refractivity contribution < 1.29 is 9.57 Å². The second-order valence-corrected chi connectivity index (χ2v) is 7.16. The number of nitrogens with zero attached hydrogens (tertiary/aromatic N) is 1. The third-order valence-corrected chi connectivity index (χ3v) is 3.90. The van der Waals surface area contributed by atoms with Crippen LogP contribution in [0.5, 0.6) is 0 Å². The van der Waals surface area contributed by atoms with E-state index in [-0.39, 0.29) is 23.2 Å². The average Bonchev–Trinajstić information content (AvgIpc) is 2.07. The van der Waals surface area contributed by atoms with Gasteiger partial charge in [0.2, 0.25) is 6.79 Å². The minimum absolute atomic E-state index is 0.0656. The fraction of sp³-hybridized carbons (Fsp3) is 0.929. The molecule has 0 saturated heterocycles.